The van der Waals surface area contributed by atoms with E-state index in [2.05, 4.69) is 5.10 Å². The molecule has 2 aliphatic rings. The SMILES string of the molecule is O=C(Cc1cnn(-c2ccccc2)c1)N1CCO[C@H]2CCC[C@@H]21. The van der Waals surface area contributed by atoms with Crippen LogP contribution >= 0.6 is 0 Å². The van der Waals surface area contributed by atoms with Crippen molar-refractivity contribution in [1.82, 2.24) is 14.7 Å². The summed E-state index contributed by atoms with van der Waals surface area (Å²) in [5, 5.41) is 4.37. The smallest absolute Gasteiger partial charge is 0.227 e. The molecule has 23 heavy (non-hydrogen) atoms. The molecule has 0 N–H and O–H groups in total. The summed E-state index contributed by atoms with van der Waals surface area (Å²) in [6, 6.07) is 10.2. The third kappa shape index (κ3) is 2.88. The minimum absolute atomic E-state index is 0.192. The summed E-state index contributed by atoms with van der Waals surface area (Å²) in [5.41, 5.74) is 1.97. The Morgan fingerprint density at radius 2 is 2.13 bits per heavy atom. The third-order valence-corrected chi connectivity index (χ3v) is 4.81. The summed E-state index contributed by atoms with van der Waals surface area (Å²) < 4.78 is 7.60. The molecule has 2 fully saturated rings. The topological polar surface area (TPSA) is 47.4 Å². The van der Waals surface area contributed by atoms with Gasteiger partial charge >= 0.3 is 0 Å². The Morgan fingerprint density at radius 3 is 3.00 bits per heavy atom. The van der Waals surface area contributed by atoms with Crippen molar-refractivity contribution in [3.63, 3.8) is 0 Å². The van der Waals surface area contributed by atoms with Gasteiger partial charge in [-0.25, -0.2) is 4.68 Å². The quantitative estimate of drug-likeness (QED) is 0.873. The van der Waals surface area contributed by atoms with Crippen molar-refractivity contribution in [3.05, 3.63) is 48.3 Å². The fourth-order valence-corrected chi connectivity index (χ4v) is 3.68. The van der Waals surface area contributed by atoms with E-state index in [1.807, 2.05) is 46.1 Å². The van der Waals surface area contributed by atoms with Crippen molar-refractivity contribution in [2.24, 2.45) is 0 Å². The maximum atomic E-state index is 12.7. The van der Waals surface area contributed by atoms with Gasteiger partial charge in [-0.3, -0.25) is 4.79 Å². The molecule has 2 atom stereocenters. The maximum absolute atomic E-state index is 12.7. The lowest BCUT2D eigenvalue weighted by atomic mass is 10.1. The van der Waals surface area contributed by atoms with Crippen LogP contribution in [0.2, 0.25) is 0 Å². The second-order valence-corrected chi connectivity index (χ2v) is 6.30. The van der Waals surface area contributed by atoms with Gasteiger partial charge in [0.25, 0.3) is 0 Å². The van der Waals surface area contributed by atoms with Crippen LogP contribution < -0.4 is 0 Å². The predicted octanol–water partition coefficient (Wildman–Crippen LogP) is 2.19. The molecule has 1 aliphatic heterocycles. The lowest BCUT2D eigenvalue weighted by Gasteiger charge is -2.37. The van der Waals surface area contributed by atoms with Crippen molar-refractivity contribution in [3.8, 4) is 5.69 Å². The molecule has 0 spiro atoms. The highest BCUT2D eigenvalue weighted by atomic mass is 16.5. The number of benzene rings is 1. The molecule has 4 rings (SSSR count). The van der Waals surface area contributed by atoms with Crippen LogP contribution in [0.1, 0.15) is 24.8 Å². The summed E-state index contributed by atoms with van der Waals surface area (Å²) in [5.74, 6) is 0.192. The van der Waals surface area contributed by atoms with Crippen molar-refractivity contribution >= 4 is 5.91 Å². The van der Waals surface area contributed by atoms with Crippen LogP contribution in [0.4, 0.5) is 0 Å². The molecule has 2 aromatic rings. The van der Waals surface area contributed by atoms with E-state index < -0.39 is 0 Å². The predicted molar refractivity (Wildman–Crippen MR) is 86.4 cm³/mol. The van der Waals surface area contributed by atoms with Gasteiger partial charge in [0.2, 0.25) is 5.91 Å². The number of aromatic nitrogens is 2. The first kappa shape index (κ1) is 14.5. The molecule has 1 aromatic carbocycles. The Morgan fingerprint density at radius 1 is 1.26 bits per heavy atom. The van der Waals surface area contributed by atoms with Gasteiger partial charge in [-0.2, -0.15) is 5.10 Å². The minimum atomic E-state index is 0.192. The number of morpholine rings is 1. The van der Waals surface area contributed by atoms with E-state index >= 15 is 0 Å². The second-order valence-electron chi connectivity index (χ2n) is 6.30. The Bertz CT molecular complexity index is 683. The van der Waals surface area contributed by atoms with Gasteiger partial charge < -0.3 is 9.64 Å². The zero-order chi connectivity index (χ0) is 15.6. The van der Waals surface area contributed by atoms with Gasteiger partial charge in [0.1, 0.15) is 0 Å². The van der Waals surface area contributed by atoms with Crippen molar-refractivity contribution in [2.45, 2.75) is 37.8 Å². The van der Waals surface area contributed by atoms with E-state index in [0.717, 1.165) is 30.5 Å². The second kappa shape index (κ2) is 6.16. The fraction of sp³-hybridized carbons (Fsp3) is 0.444. The molecule has 1 aliphatic carbocycles. The first-order chi connectivity index (χ1) is 11.3. The molecule has 1 saturated heterocycles. The van der Waals surface area contributed by atoms with Crippen LogP contribution in [0.15, 0.2) is 42.7 Å². The first-order valence-corrected chi connectivity index (χ1v) is 8.31. The van der Waals surface area contributed by atoms with Crippen molar-refractivity contribution < 1.29 is 9.53 Å². The van der Waals surface area contributed by atoms with E-state index in [9.17, 15) is 4.79 Å². The Hall–Kier alpha value is -2.14. The molecule has 5 heteroatoms. The first-order valence-electron chi connectivity index (χ1n) is 8.31. The fourth-order valence-electron chi connectivity index (χ4n) is 3.68. The number of carbonyl (C=O) groups excluding carboxylic acids is 1. The normalized spacial score (nSPS) is 23.7. The molecule has 1 amide bonds. The van der Waals surface area contributed by atoms with E-state index in [4.69, 9.17) is 4.74 Å². The third-order valence-electron chi connectivity index (χ3n) is 4.81. The maximum Gasteiger partial charge on any atom is 0.227 e. The highest BCUT2D eigenvalue weighted by Gasteiger charge is 2.38. The number of para-hydroxylation sites is 1. The minimum Gasteiger partial charge on any atom is -0.374 e. The van der Waals surface area contributed by atoms with Gasteiger partial charge in [0.05, 0.1) is 37.1 Å². The van der Waals surface area contributed by atoms with Gasteiger partial charge in [-0.05, 0) is 37.0 Å². The Balaban J connectivity index is 1.46. The van der Waals surface area contributed by atoms with Gasteiger partial charge in [-0.1, -0.05) is 18.2 Å². The zero-order valence-corrected chi connectivity index (χ0v) is 13.1. The van der Waals surface area contributed by atoms with E-state index in [1.165, 1.54) is 0 Å². The van der Waals surface area contributed by atoms with E-state index in [1.54, 1.807) is 6.20 Å². The summed E-state index contributed by atoms with van der Waals surface area (Å²) in [6.07, 6.45) is 7.71. The van der Waals surface area contributed by atoms with Crippen LogP contribution in [0.25, 0.3) is 5.69 Å². The molecule has 0 radical (unpaired) electrons. The summed E-state index contributed by atoms with van der Waals surface area (Å²) in [7, 11) is 0. The summed E-state index contributed by atoms with van der Waals surface area (Å²) in [6.45, 7) is 1.38. The molecule has 2 heterocycles. The Labute approximate surface area is 135 Å². The van der Waals surface area contributed by atoms with Crippen molar-refractivity contribution in [2.75, 3.05) is 13.2 Å². The van der Waals surface area contributed by atoms with Crippen LogP contribution in [0.3, 0.4) is 0 Å². The lowest BCUT2D eigenvalue weighted by molar-refractivity contribution is -0.143. The number of nitrogens with zero attached hydrogens (tertiary/aromatic N) is 3. The summed E-state index contributed by atoms with van der Waals surface area (Å²) >= 11 is 0. The van der Waals surface area contributed by atoms with Crippen LogP contribution in [0, 0.1) is 0 Å². The largest absolute Gasteiger partial charge is 0.374 e. The monoisotopic (exact) mass is 311 g/mol. The molecule has 5 nitrogen and oxygen atoms in total. The zero-order valence-electron chi connectivity index (χ0n) is 13.1. The number of hydrogen-bond acceptors (Lipinski definition) is 3. The van der Waals surface area contributed by atoms with Gasteiger partial charge in [-0.15, -0.1) is 0 Å². The number of ether oxygens (including phenoxy) is 1. The standard InChI is InChI=1S/C18H21N3O2/c22-18(20-9-10-23-17-8-4-7-16(17)20)11-14-12-19-21(13-14)15-5-2-1-3-6-15/h1-3,5-6,12-13,16-17H,4,7-11H2/t16-,17-/m0/s1. The highest BCUT2D eigenvalue weighted by molar-refractivity contribution is 5.79. The molecule has 0 unspecified atom stereocenters. The number of amides is 1. The molecule has 0 bridgehead atoms. The molecule has 1 saturated carbocycles. The van der Waals surface area contributed by atoms with Gasteiger partial charge in [0.15, 0.2) is 0 Å². The van der Waals surface area contributed by atoms with Crippen LogP contribution in [-0.4, -0.2) is 45.9 Å². The molecule has 120 valence electrons. The average molecular weight is 311 g/mol. The van der Waals surface area contributed by atoms with Gasteiger partial charge in [0, 0.05) is 12.7 Å². The van der Waals surface area contributed by atoms with Crippen LogP contribution in [-0.2, 0) is 16.0 Å². The van der Waals surface area contributed by atoms with E-state index in [-0.39, 0.29) is 18.1 Å². The average Bonchev–Trinajstić information content (AvgIpc) is 3.24. The molecule has 1 aromatic heterocycles. The number of carbonyl (C=O) groups is 1. The molecular weight excluding hydrogens is 290 g/mol. The van der Waals surface area contributed by atoms with Crippen molar-refractivity contribution in [1.29, 1.82) is 0 Å². The van der Waals surface area contributed by atoms with Crippen LogP contribution in [0.5, 0.6) is 0 Å². The number of rotatable bonds is 3. The number of fused-ring (bicyclic) bond motifs is 1. The van der Waals surface area contributed by atoms with E-state index in [0.29, 0.717) is 19.6 Å². The summed E-state index contributed by atoms with van der Waals surface area (Å²) in [4.78, 5) is 14.7. The Kier molecular flexibility index (Phi) is 3.87. The number of hydrogen-bond donors (Lipinski definition) is 0. The lowest BCUT2D eigenvalue weighted by Crippen LogP contribution is -2.51. The molecular formula is C18H21N3O2. The highest BCUT2D eigenvalue weighted by Crippen LogP contribution is 2.30.